The number of benzene rings is 2. The summed E-state index contributed by atoms with van der Waals surface area (Å²) in [4.78, 5) is 28.1. The largest absolute Gasteiger partial charge is 0.333 e. The van der Waals surface area contributed by atoms with E-state index in [9.17, 15) is 14.0 Å². The van der Waals surface area contributed by atoms with Crippen molar-refractivity contribution >= 4 is 28.3 Å². The molecule has 7 heteroatoms. The number of nitrogens with zero attached hydrogens (tertiary/aromatic N) is 3. The molecule has 1 aliphatic rings. The topological polar surface area (TPSA) is 55.2 Å². The summed E-state index contributed by atoms with van der Waals surface area (Å²) >= 11 is 6.29. The molecule has 1 heterocycles. The molecule has 3 atom stereocenters. The van der Waals surface area contributed by atoms with Gasteiger partial charge in [0.2, 0.25) is 5.91 Å². The van der Waals surface area contributed by atoms with Crippen LogP contribution in [0.3, 0.4) is 0 Å². The van der Waals surface area contributed by atoms with Gasteiger partial charge in [0.25, 0.3) is 5.56 Å². The van der Waals surface area contributed by atoms with Gasteiger partial charge in [-0.15, -0.1) is 0 Å². The summed E-state index contributed by atoms with van der Waals surface area (Å²) in [6.45, 7) is 4.19. The second kappa shape index (κ2) is 9.41. The highest BCUT2D eigenvalue weighted by atomic mass is 35.5. The molecule has 1 aliphatic carbocycles. The number of halogens is 2. The summed E-state index contributed by atoms with van der Waals surface area (Å²) in [5.41, 5.74) is -0.0165. The number of fused-ring (bicyclic) bond motifs is 1. The van der Waals surface area contributed by atoms with Crippen LogP contribution in [-0.2, 0) is 17.9 Å². The zero-order chi connectivity index (χ0) is 22.8. The molecule has 3 aromatic rings. The maximum Gasteiger partial charge on any atom is 0.275 e. The van der Waals surface area contributed by atoms with Gasteiger partial charge in [0.1, 0.15) is 12.4 Å². The number of hydrogen-bond donors (Lipinski definition) is 0. The first-order valence-corrected chi connectivity index (χ1v) is 11.4. The number of hydrogen-bond acceptors (Lipinski definition) is 3. The van der Waals surface area contributed by atoms with Crippen molar-refractivity contribution in [3.63, 3.8) is 0 Å². The van der Waals surface area contributed by atoms with Gasteiger partial charge in [0.05, 0.1) is 18.1 Å². The molecule has 0 spiro atoms. The summed E-state index contributed by atoms with van der Waals surface area (Å²) in [6.07, 6.45) is 4.53. The fraction of sp³-hybridized carbons (Fsp3) is 0.400. The second-order valence-electron chi connectivity index (χ2n) is 8.75. The van der Waals surface area contributed by atoms with Crippen molar-refractivity contribution in [2.24, 2.45) is 11.8 Å². The van der Waals surface area contributed by atoms with Crippen molar-refractivity contribution < 1.29 is 9.18 Å². The van der Waals surface area contributed by atoms with Crippen LogP contribution in [0.15, 0.2) is 53.5 Å². The Balaban J connectivity index is 1.68. The third kappa shape index (κ3) is 4.42. The molecule has 168 valence electrons. The van der Waals surface area contributed by atoms with E-state index in [1.165, 1.54) is 10.7 Å². The molecule has 0 N–H and O–H groups in total. The third-order valence-electron chi connectivity index (χ3n) is 6.82. The van der Waals surface area contributed by atoms with Gasteiger partial charge in [-0.3, -0.25) is 9.59 Å². The van der Waals surface area contributed by atoms with Gasteiger partial charge in [-0.1, -0.05) is 62.6 Å². The highest BCUT2D eigenvalue weighted by Gasteiger charge is 2.35. The SMILES string of the molecule is CC1CCCC(N(Cc2c(F)cccc2Cl)C(=O)Cn2ncc3ccccc3c2=O)C1C. The molecule has 0 bridgehead atoms. The van der Waals surface area contributed by atoms with E-state index in [0.29, 0.717) is 21.9 Å². The molecule has 2 aromatic carbocycles. The summed E-state index contributed by atoms with van der Waals surface area (Å²) in [5, 5.41) is 5.74. The number of carbonyl (C=O) groups is 1. The quantitative estimate of drug-likeness (QED) is 0.541. The van der Waals surface area contributed by atoms with Crippen molar-refractivity contribution in [2.75, 3.05) is 0 Å². The molecule has 3 unspecified atom stereocenters. The molecule has 4 rings (SSSR count). The predicted molar refractivity (Wildman–Crippen MR) is 124 cm³/mol. The van der Waals surface area contributed by atoms with Gasteiger partial charge in [0, 0.05) is 22.0 Å². The standard InChI is InChI=1S/C25H27ClFN3O2/c1-16-7-5-12-23(17(16)2)29(14-20-21(26)10-6-11-22(20)27)24(31)15-30-25(32)19-9-4-3-8-18(19)13-28-30/h3-4,6,8-11,13,16-17,23H,5,7,12,14-15H2,1-2H3. The Morgan fingerprint density at radius 1 is 1.19 bits per heavy atom. The van der Waals surface area contributed by atoms with Crippen LogP contribution >= 0.6 is 11.6 Å². The summed E-state index contributed by atoms with van der Waals surface area (Å²) < 4.78 is 15.8. The Morgan fingerprint density at radius 3 is 2.75 bits per heavy atom. The molecule has 1 fully saturated rings. The fourth-order valence-corrected chi connectivity index (χ4v) is 4.92. The first kappa shape index (κ1) is 22.5. The second-order valence-corrected chi connectivity index (χ2v) is 9.16. The number of carbonyl (C=O) groups excluding carboxylic acids is 1. The van der Waals surface area contributed by atoms with Crippen LogP contribution < -0.4 is 5.56 Å². The van der Waals surface area contributed by atoms with Gasteiger partial charge in [-0.2, -0.15) is 5.10 Å². The average molecular weight is 456 g/mol. The fourth-order valence-electron chi connectivity index (χ4n) is 4.70. The van der Waals surface area contributed by atoms with Crippen molar-refractivity contribution in [3.8, 4) is 0 Å². The summed E-state index contributed by atoms with van der Waals surface area (Å²) in [5.74, 6) is -0.00542. The van der Waals surface area contributed by atoms with Gasteiger partial charge in [0.15, 0.2) is 0 Å². The van der Waals surface area contributed by atoms with Gasteiger partial charge >= 0.3 is 0 Å². The number of aromatic nitrogens is 2. The van der Waals surface area contributed by atoms with Crippen LogP contribution in [-0.4, -0.2) is 26.6 Å². The minimum Gasteiger partial charge on any atom is -0.333 e. The monoisotopic (exact) mass is 455 g/mol. The van der Waals surface area contributed by atoms with E-state index < -0.39 is 5.82 Å². The average Bonchev–Trinajstić information content (AvgIpc) is 2.78. The molecule has 0 radical (unpaired) electrons. The highest BCUT2D eigenvalue weighted by Crippen LogP contribution is 2.34. The molecule has 0 saturated heterocycles. The Kier molecular flexibility index (Phi) is 6.60. The van der Waals surface area contributed by atoms with Crippen LogP contribution in [0, 0.1) is 17.7 Å². The van der Waals surface area contributed by atoms with Crippen molar-refractivity contribution in [2.45, 2.75) is 52.2 Å². The summed E-state index contributed by atoms with van der Waals surface area (Å²) in [7, 11) is 0. The smallest absolute Gasteiger partial charge is 0.275 e. The maximum absolute atomic E-state index is 14.6. The maximum atomic E-state index is 14.6. The minimum absolute atomic E-state index is 0.0573. The first-order valence-electron chi connectivity index (χ1n) is 11.0. The molecular weight excluding hydrogens is 429 g/mol. The number of rotatable bonds is 5. The van der Waals surface area contributed by atoms with E-state index in [1.54, 1.807) is 35.4 Å². The van der Waals surface area contributed by atoms with Crippen molar-refractivity contribution in [1.29, 1.82) is 0 Å². The van der Waals surface area contributed by atoms with Crippen LogP contribution in [0.4, 0.5) is 4.39 Å². The lowest BCUT2D eigenvalue weighted by Gasteiger charge is -2.42. The lowest BCUT2D eigenvalue weighted by atomic mass is 9.77. The zero-order valence-electron chi connectivity index (χ0n) is 18.3. The molecule has 32 heavy (non-hydrogen) atoms. The predicted octanol–water partition coefficient (Wildman–Crippen LogP) is 5.04. The molecule has 1 amide bonds. The van der Waals surface area contributed by atoms with E-state index in [4.69, 9.17) is 11.6 Å². The first-order chi connectivity index (χ1) is 15.4. The Hall–Kier alpha value is -2.73. The van der Waals surface area contributed by atoms with Gasteiger partial charge < -0.3 is 4.90 Å². The lowest BCUT2D eigenvalue weighted by molar-refractivity contribution is -0.137. The lowest BCUT2D eigenvalue weighted by Crippen LogP contribution is -2.48. The van der Waals surface area contributed by atoms with E-state index in [0.717, 1.165) is 24.6 Å². The van der Waals surface area contributed by atoms with E-state index in [-0.39, 0.29) is 36.5 Å². The number of amides is 1. The highest BCUT2D eigenvalue weighted by molar-refractivity contribution is 6.31. The Bertz CT molecular complexity index is 1180. The molecular formula is C25H27ClFN3O2. The van der Waals surface area contributed by atoms with E-state index in [1.807, 2.05) is 12.1 Å². The van der Waals surface area contributed by atoms with E-state index in [2.05, 4.69) is 18.9 Å². The molecule has 1 saturated carbocycles. The summed E-state index contributed by atoms with van der Waals surface area (Å²) in [6, 6.07) is 11.6. The molecule has 5 nitrogen and oxygen atoms in total. The van der Waals surface area contributed by atoms with Crippen LogP contribution in [0.5, 0.6) is 0 Å². The van der Waals surface area contributed by atoms with E-state index >= 15 is 0 Å². The van der Waals surface area contributed by atoms with Crippen molar-refractivity contribution in [3.05, 3.63) is 75.4 Å². The normalized spacial score (nSPS) is 20.9. The van der Waals surface area contributed by atoms with Crippen molar-refractivity contribution in [1.82, 2.24) is 14.7 Å². The Labute approximate surface area is 191 Å². The zero-order valence-corrected chi connectivity index (χ0v) is 19.1. The van der Waals surface area contributed by atoms with Crippen LogP contribution in [0.25, 0.3) is 10.8 Å². The van der Waals surface area contributed by atoms with Gasteiger partial charge in [-0.05, 0) is 36.5 Å². The van der Waals surface area contributed by atoms with Crippen LogP contribution in [0.1, 0.15) is 38.7 Å². The molecule has 1 aromatic heterocycles. The van der Waals surface area contributed by atoms with Crippen LogP contribution in [0.2, 0.25) is 5.02 Å². The van der Waals surface area contributed by atoms with Gasteiger partial charge in [-0.25, -0.2) is 9.07 Å². The Morgan fingerprint density at radius 2 is 1.97 bits per heavy atom. The minimum atomic E-state index is -0.437. The third-order valence-corrected chi connectivity index (χ3v) is 7.18. The molecule has 0 aliphatic heterocycles.